The van der Waals surface area contributed by atoms with Crippen molar-refractivity contribution in [3.05, 3.63) is 64.6 Å². The average molecular weight is 393 g/mol. The van der Waals surface area contributed by atoms with Crippen LogP contribution in [0, 0.1) is 5.82 Å². The Labute approximate surface area is 144 Å². The smallest absolute Gasteiger partial charge is 0.293 e. The molecule has 23 heavy (non-hydrogen) atoms. The Balaban J connectivity index is 1.70. The summed E-state index contributed by atoms with van der Waals surface area (Å²) in [6.45, 7) is 0. The molecule has 116 valence electrons. The van der Waals surface area contributed by atoms with Crippen molar-refractivity contribution in [1.82, 2.24) is 5.32 Å². The van der Waals surface area contributed by atoms with E-state index in [0.717, 1.165) is 5.39 Å². The van der Waals surface area contributed by atoms with E-state index in [1.165, 1.54) is 12.1 Å². The summed E-state index contributed by atoms with van der Waals surface area (Å²) in [7, 11) is 0. The molecule has 3 rings (SSSR count). The molecule has 3 aromatic rings. The van der Waals surface area contributed by atoms with Gasteiger partial charge in [0.2, 0.25) is 0 Å². The minimum Gasteiger partial charge on any atom is -0.451 e. The molecule has 0 atom stereocenters. The molecule has 2 aromatic carbocycles. The van der Waals surface area contributed by atoms with Gasteiger partial charge in [0.1, 0.15) is 11.4 Å². The van der Waals surface area contributed by atoms with E-state index in [4.69, 9.17) is 16.6 Å². The number of benzene rings is 2. The monoisotopic (exact) mass is 392 g/mol. The highest BCUT2D eigenvalue weighted by Crippen LogP contribution is 2.20. The fraction of sp³-hybridized carbons (Fsp3) is 0. The minimum atomic E-state index is -0.504. The predicted octanol–water partition coefficient (Wildman–Crippen LogP) is 4.46. The van der Waals surface area contributed by atoms with Crippen LogP contribution in [0.3, 0.4) is 0 Å². The minimum absolute atomic E-state index is 0.0170. The maximum atomic E-state index is 13.7. The Kier molecular flexibility index (Phi) is 4.40. The number of furan rings is 1. The third-order valence-corrected chi connectivity index (χ3v) is 3.75. The summed E-state index contributed by atoms with van der Waals surface area (Å²) in [5, 5.41) is 5.89. The number of hydrogen-bond acceptors (Lipinski definition) is 3. The van der Waals surface area contributed by atoms with Crippen LogP contribution in [0.4, 0.5) is 10.1 Å². The number of rotatable bonds is 2. The number of anilines is 1. The van der Waals surface area contributed by atoms with Crippen LogP contribution in [0.15, 0.2) is 57.4 Å². The zero-order valence-electron chi connectivity index (χ0n) is 11.6. The molecule has 0 aliphatic rings. The van der Waals surface area contributed by atoms with E-state index >= 15 is 0 Å². The van der Waals surface area contributed by atoms with E-state index < -0.39 is 11.7 Å². The molecule has 2 N–H and O–H groups in total. The van der Waals surface area contributed by atoms with Gasteiger partial charge in [-0.15, -0.1) is 0 Å². The van der Waals surface area contributed by atoms with Crippen molar-refractivity contribution < 1.29 is 13.6 Å². The average Bonchev–Trinajstić information content (AvgIpc) is 2.94. The molecule has 0 saturated heterocycles. The van der Waals surface area contributed by atoms with E-state index in [0.29, 0.717) is 10.1 Å². The van der Waals surface area contributed by atoms with Crippen LogP contribution in [0.2, 0.25) is 0 Å². The second-order valence-electron chi connectivity index (χ2n) is 4.68. The van der Waals surface area contributed by atoms with Crippen LogP contribution in [0.25, 0.3) is 11.0 Å². The second kappa shape index (κ2) is 6.47. The highest BCUT2D eigenvalue weighted by Gasteiger charge is 2.14. The summed E-state index contributed by atoms with van der Waals surface area (Å²) < 4.78 is 19.8. The van der Waals surface area contributed by atoms with Crippen molar-refractivity contribution in [2.24, 2.45) is 0 Å². The quantitative estimate of drug-likeness (QED) is 0.632. The maximum Gasteiger partial charge on any atom is 0.293 e. The first-order chi connectivity index (χ1) is 11.0. The highest BCUT2D eigenvalue weighted by molar-refractivity contribution is 9.10. The van der Waals surface area contributed by atoms with Crippen molar-refractivity contribution in [2.45, 2.75) is 0 Å². The van der Waals surface area contributed by atoms with Crippen LogP contribution >= 0.6 is 28.1 Å². The standard InChI is InChI=1S/C16H10BrFN2O2S/c17-10-5-6-12(11(18)8-10)19-16(23)20-15(21)14-7-9-3-1-2-4-13(9)22-14/h1-8H,(H2,19,20,21,23). The summed E-state index contributed by atoms with van der Waals surface area (Å²) in [5.74, 6) is -0.859. The van der Waals surface area contributed by atoms with Gasteiger partial charge in [-0.05, 0) is 42.5 Å². The largest absolute Gasteiger partial charge is 0.451 e. The third-order valence-electron chi connectivity index (χ3n) is 3.06. The summed E-state index contributed by atoms with van der Waals surface area (Å²) >= 11 is 8.19. The zero-order chi connectivity index (χ0) is 16.4. The lowest BCUT2D eigenvalue weighted by Crippen LogP contribution is -2.34. The van der Waals surface area contributed by atoms with Crippen molar-refractivity contribution in [3.63, 3.8) is 0 Å². The van der Waals surface area contributed by atoms with Crippen LogP contribution in [-0.2, 0) is 0 Å². The van der Waals surface area contributed by atoms with Gasteiger partial charge in [-0.25, -0.2) is 4.39 Å². The van der Waals surface area contributed by atoms with Crippen molar-refractivity contribution in [1.29, 1.82) is 0 Å². The summed E-state index contributed by atoms with van der Waals surface area (Å²) in [4.78, 5) is 12.1. The number of carbonyl (C=O) groups excluding carboxylic acids is 1. The van der Waals surface area contributed by atoms with Gasteiger partial charge in [-0.2, -0.15) is 0 Å². The molecule has 0 aliphatic heterocycles. The molecule has 1 aromatic heterocycles. The van der Waals surface area contributed by atoms with Gasteiger partial charge in [0.05, 0.1) is 5.69 Å². The second-order valence-corrected chi connectivity index (χ2v) is 6.00. The maximum absolute atomic E-state index is 13.7. The Bertz CT molecular complexity index is 877. The number of nitrogens with one attached hydrogen (secondary N) is 2. The molecule has 1 amide bonds. The van der Waals surface area contributed by atoms with Gasteiger partial charge in [0.15, 0.2) is 10.9 Å². The lowest BCUT2D eigenvalue weighted by atomic mass is 10.2. The number of hydrogen-bond donors (Lipinski definition) is 2. The van der Waals surface area contributed by atoms with Gasteiger partial charge in [0, 0.05) is 9.86 Å². The molecule has 0 saturated carbocycles. The Morgan fingerprint density at radius 3 is 2.70 bits per heavy atom. The highest BCUT2D eigenvalue weighted by atomic mass is 79.9. The van der Waals surface area contributed by atoms with E-state index in [2.05, 4.69) is 26.6 Å². The fourth-order valence-corrected chi connectivity index (χ4v) is 2.54. The molecule has 1 heterocycles. The molecule has 4 nitrogen and oxygen atoms in total. The third kappa shape index (κ3) is 3.57. The molecular formula is C16H10BrFN2O2S. The number of para-hydroxylation sites is 1. The first-order valence-electron chi connectivity index (χ1n) is 6.59. The van der Waals surface area contributed by atoms with Gasteiger partial charge in [-0.3, -0.25) is 10.1 Å². The SMILES string of the molecule is O=C(NC(=S)Nc1ccc(Br)cc1F)c1cc2ccccc2o1. The molecular weight excluding hydrogens is 383 g/mol. The van der Waals surface area contributed by atoms with Crippen molar-refractivity contribution in [2.75, 3.05) is 5.32 Å². The van der Waals surface area contributed by atoms with Crippen LogP contribution < -0.4 is 10.6 Å². The Morgan fingerprint density at radius 2 is 1.96 bits per heavy atom. The number of thiocarbonyl (C=S) groups is 1. The zero-order valence-corrected chi connectivity index (χ0v) is 14.0. The first kappa shape index (κ1) is 15.6. The molecule has 0 bridgehead atoms. The van der Waals surface area contributed by atoms with Crippen LogP contribution in [-0.4, -0.2) is 11.0 Å². The van der Waals surface area contributed by atoms with Gasteiger partial charge in [0.25, 0.3) is 5.91 Å². The van der Waals surface area contributed by atoms with Crippen LogP contribution in [0.1, 0.15) is 10.6 Å². The molecule has 0 fully saturated rings. The van der Waals surface area contributed by atoms with Gasteiger partial charge >= 0.3 is 0 Å². The number of halogens is 2. The molecule has 0 radical (unpaired) electrons. The molecule has 7 heteroatoms. The Morgan fingerprint density at radius 1 is 1.17 bits per heavy atom. The normalized spacial score (nSPS) is 10.5. The summed E-state index contributed by atoms with van der Waals surface area (Å²) in [6.07, 6.45) is 0. The Hall–Kier alpha value is -2.25. The van der Waals surface area contributed by atoms with Gasteiger partial charge < -0.3 is 9.73 Å². The molecule has 0 unspecified atom stereocenters. The molecule has 0 aliphatic carbocycles. The van der Waals surface area contributed by atoms with Gasteiger partial charge in [-0.1, -0.05) is 34.1 Å². The lowest BCUT2D eigenvalue weighted by molar-refractivity contribution is 0.0953. The van der Waals surface area contributed by atoms with Crippen LogP contribution in [0.5, 0.6) is 0 Å². The number of amides is 1. The topological polar surface area (TPSA) is 54.3 Å². The molecule has 0 spiro atoms. The van der Waals surface area contributed by atoms with E-state index in [1.54, 1.807) is 18.2 Å². The van der Waals surface area contributed by atoms with Crippen molar-refractivity contribution in [3.8, 4) is 0 Å². The first-order valence-corrected chi connectivity index (χ1v) is 7.79. The van der Waals surface area contributed by atoms with E-state index in [-0.39, 0.29) is 16.6 Å². The lowest BCUT2D eigenvalue weighted by Gasteiger charge is -2.09. The number of carbonyl (C=O) groups is 1. The summed E-state index contributed by atoms with van der Waals surface area (Å²) in [5.41, 5.74) is 0.776. The van der Waals surface area contributed by atoms with E-state index in [1.807, 2.05) is 18.2 Å². The van der Waals surface area contributed by atoms with E-state index in [9.17, 15) is 9.18 Å². The number of fused-ring (bicyclic) bond motifs is 1. The van der Waals surface area contributed by atoms with Crippen molar-refractivity contribution >= 4 is 55.8 Å². The fourth-order valence-electron chi connectivity index (χ4n) is 2.00. The summed E-state index contributed by atoms with van der Waals surface area (Å²) in [6, 6.07) is 13.4. The predicted molar refractivity (Wildman–Crippen MR) is 94.0 cm³/mol.